The lowest BCUT2D eigenvalue weighted by atomic mass is 9.78. The Morgan fingerprint density at radius 1 is 0.432 bits per heavy atom. The Bertz CT molecular complexity index is 4070. The van der Waals surface area contributed by atoms with Gasteiger partial charge < -0.3 is 87.8 Å². The van der Waals surface area contributed by atoms with Gasteiger partial charge in [0.1, 0.15) is 60.3 Å². The molecule has 0 aromatic heterocycles. The van der Waals surface area contributed by atoms with E-state index in [1.807, 2.05) is 130 Å². The summed E-state index contributed by atoms with van der Waals surface area (Å²) in [5, 5.41) is 67.8. The molecule has 2 aliphatic carbocycles. The number of amides is 2. The van der Waals surface area contributed by atoms with Gasteiger partial charge in [0.05, 0.1) is 54.9 Å². The van der Waals surface area contributed by atoms with E-state index in [1.54, 1.807) is 75.0 Å². The lowest BCUT2D eigenvalue weighted by Gasteiger charge is -2.43. The van der Waals surface area contributed by atoms with Crippen LogP contribution in [0.2, 0.25) is 0 Å². The standard InChI is InChI=1S/C53H83NO13.C51H79NO13/c1-31(2)65-44-29-40-22-20-38(9)53(62,67-40)50(59)51(60)54-24-16-15-19-41(54)52(61)66-45(35(6)27-39-21-23-42(55)46(28-39)63-10)30-43(56)34(5)26-37(8)48(58)49(64-11)47(57)36(7)25-32(3)17-13-12-14-18-33(44)4;1-30-16-12-11-13-17-31(2)42(61-8)28-38-21-19-36(7)51(60,65-38)48(57)49(58)52-23-15-14-18-39(52)50(59)64-43(33(4)26-37-20-22-40(53)44(27-37)62-9)29-41(54)32(3)25-35(6)46(56)47(63-10)45(55)34(5)24-30/h12-14,17-18,26,31-32,34-36,38-42,44-46,48-49,55,58,62H,15-16,19-25,27-30H2,1-11H3;11-13,16-17,25,30,32-34,36-40,42-44,46-47,53,56,60H,14-15,18-24,26-29H2,1-10H3/b14-12+,17-13+,33-18+,37-26+;13-11?,16-12+,31-17?,35-25+/t32-,34-,35-,36-,38-,39+,40+,41+,42-,44+,45+,46-,48-,49+,53-;30-,32-,33-,34-,36-,37+,38+,39+,40-,42+,43+,44-,46-,47+,51-/m11/s1. The number of fused-ring (bicyclic) bond motifs is 6. The van der Waals surface area contributed by atoms with E-state index in [2.05, 4.69) is 0 Å². The van der Waals surface area contributed by atoms with E-state index >= 15 is 0 Å². The van der Waals surface area contributed by atoms with Gasteiger partial charge in [-0.2, -0.15) is 0 Å². The van der Waals surface area contributed by atoms with E-state index in [9.17, 15) is 78.6 Å². The number of nitrogens with zero attached hydrogens (tertiary/aromatic N) is 2. The van der Waals surface area contributed by atoms with E-state index in [0.29, 0.717) is 127 Å². The van der Waals surface area contributed by atoms with Gasteiger partial charge in [-0.15, -0.1) is 0 Å². The zero-order valence-electron chi connectivity index (χ0n) is 82.8. The van der Waals surface area contributed by atoms with Crippen LogP contribution < -0.4 is 0 Å². The molecular formula is C104H162N2O26. The summed E-state index contributed by atoms with van der Waals surface area (Å²) < 4.78 is 59.3. The molecular weight excluding hydrogens is 1690 g/mol. The molecule has 8 rings (SSSR count). The van der Waals surface area contributed by atoms with Crippen LogP contribution in [0.3, 0.4) is 0 Å². The van der Waals surface area contributed by atoms with Gasteiger partial charge in [0, 0.05) is 110 Å². The molecule has 28 nitrogen and oxygen atoms in total. The SMILES string of the molecule is CO[C@@H]1C[C@H](C[C@@H](C)[C@@H]2CC(=O)[C@H](C)/C=C(\C)[C@@H](O)[C@@H](OC)C(=O)[C@H](C)C[C@H](C)/C=C/C=C/C=C(\C)[C@@H](OC(C)C)C[C@@H]3CC[C@@H](C)[C@@](O)(O3)C(=O)C(=O)N3CCCC[C@H]3C(=O)O2)CC[C@H]1O.CO[C@H]1C[C@@H]2CC[C@@H](C)[C@@](O)(O2)C(=O)C(=O)N2CCCC[C@H]2C(=O)O[C@H]([C@H](C)C[C@@H]2CC[C@@H](O)[C@H](OC)C2)CC(=O)[C@H](C)/C=C(\C)[C@@H](O)[C@@H](OC)C(=O)[C@H](C)C[C@H](C)/C=C/C=CC=C1C. The second kappa shape index (κ2) is 53.3. The summed E-state index contributed by atoms with van der Waals surface area (Å²) in [6, 6.07) is -2.28. The molecule has 2 saturated carbocycles. The summed E-state index contributed by atoms with van der Waals surface area (Å²) in [4.78, 5) is 144. The molecule has 28 heteroatoms. The first kappa shape index (κ1) is 112. The summed E-state index contributed by atoms with van der Waals surface area (Å²) in [5.74, 6) is -15.9. The Morgan fingerprint density at radius 3 is 1.17 bits per heavy atom. The number of rotatable bonds is 13. The molecule has 6 aliphatic heterocycles. The molecule has 0 aromatic rings. The van der Waals surface area contributed by atoms with Gasteiger partial charge >= 0.3 is 11.9 Å². The molecule has 30 atom stereocenters. The predicted octanol–water partition coefficient (Wildman–Crippen LogP) is 13.1. The number of Topliss-reactive ketones (excluding diaryl/α,β-unsaturated/α-hetero) is 6. The number of methoxy groups -OCH3 is 5. The van der Waals surface area contributed by atoms with E-state index in [-0.39, 0.29) is 116 Å². The third-order valence-electron chi connectivity index (χ3n) is 29.1. The number of piperidine rings is 2. The first-order valence-electron chi connectivity index (χ1n) is 48.8. The van der Waals surface area contributed by atoms with Crippen LogP contribution in [0, 0.1) is 71.0 Å². The van der Waals surface area contributed by atoms with E-state index in [1.165, 1.54) is 24.0 Å². The average Bonchev–Trinajstić information content (AvgIpc) is 0.773. The summed E-state index contributed by atoms with van der Waals surface area (Å²) in [5.41, 5.74) is 2.55. The van der Waals surface area contributed by atoms with E-state index in [0.717, 1.165) is 24.0 Å². The van der Waals surface area contributed by atoms with Crippen LogP contribution >= 0.6 is 0 Å². The molecule has 6 N–H and O–H groups in total. The van der Waals surface area contributed by atoms with Crippen LogP contribution in [-0.2, 0) is 95.3 Å². The minimum Gasteiger partial charge on any atom is -0.460 e. The molecule has 0 unspecified atom stereocenters. The highest BCUT2D eigenvalue weighted by Gasteiger charge is 2.56. The summed E-state index contributed by atoms with van der Waals surface area (Å²) in [7, 11) is 7.47. The quantitative estimate of drug-likeness (QED) is 0.0566. The van der Waals surface area contributed by atoms with Crippen molar-refractivity contribution in [3.8, 4) is 0 Å². The van der Waals surface area contributed by atoms with Gasteiger partial charge in [0.15, 0.2) is 11.6 Å². The second-order valence-electron chi connectivity index (χ2n) is 40.1. The van der Waals surface area contributed by atoms with Gasteiger partial charge in [0.2, 0.25) is 11.6 Å². The molecule has 8 aliphatic rings. The number of hydrogen-bond donors (Lipinski definition) is 6. The third kappa shape index (κ3) is 31.1. The monoisotopic (exact) mass is 1860 g/mol. The number of carbonyl (C=O) groups excluding carboxylic acids is 10. The molecule has 0 radical (unpaired) electrons. The highest BCUT2D eigenvalue weighted by atomic mass is 16.6. The highest BCUT2D eigenvalue weighted by molar-refractivity contribution is 6.39. The second-order valence-corrected chi connectivity index (χ2v) is 40.1. The number of aliphatic hydroxyl groups excluding tert-OH is 4. The van der Waals surface area contributed by atoms with Crippen LogP contribution in [-0.4, -0.2) is 263 Å². The van der Waals surface area contributed by atoms with Crippen LogP contribution in [0.15, 0.2) is 95.2 Å². The first-order chi connectivity index (χ1) is 62.4. The smallest absolute Gasteiger partial charge is 0.329 e. The molecule has 132 heavy (non-hydrogen) atoms. The number of carbonyl (C=O) groups is 10. The van der Waals surface area contributed by atoms with Gasteiger partial charge in [0.25, 0.3) is 23.4 Å². The van der Waals surface area contributed by atoms with Crippen molar-refractivity contribution >= 4 is 58.5 Å². The van der Waals surface area contributed by atoms with Crippen LogP contribution in [0.5, 0.6) is 0 Å². The number of ketones is 6. The number of ether oxygens (including phenoxy) is 10. The van der Waals surface area contributed by atoms with Crippen molar-refractivity contribution in [3.63, 3.8) is 0 Å². The number of aliphatic hydroxyl groups is 6. The molecule has 0 aromatic carbocycles. The molecule has 2 amide bonds. The van der Waals surface area contributed by atoms with Crippen molar-refractivity contribution in [1.82, 2.24) is 9.80 Å². The normalized spacial score (nSPS) is 39.4. The van der Waals surface area contributed by atoms with Crippen LogP contribution in [0.1, 0.15) is 265 Å². The molecule has 4 saturated heterocycles. The van der Waals surface area contributed by atoms with Crippen molar-refractivity contribution in [3.05, 3.63) is 95.2 Å². The molecule has 6 heterocycles. The lowest BCUT2D eigenvalue weighted by molar-refractivity contribution is -0.266. The van der Waals surface area contributed by atoms with Crippen LogP contribution in [0.25, 0.3) is 0 Å². The number of cyclic esters (lactones) is 2. The van der Waals surface area contributed by atoms with E-state index in [4.69, 9.17) is 47.4 Å². The summed E-state index contributed by atoms with van der Waals surface area (Å²) >= 11 is 0. The number of hydrogen-bond acceptors (Lipinski definition) is 26. The fourth-order valence-electron chi connectivity index (χ4n) is 20.4. The first-order valence-corrected chi connectivity index (χ1v) is 48.8. The maximum absolute atomic E-state index is 14.4. The van der Waals surface area contributed by atoms with Crippen molar-refractivity contribution in [1.29, 1.82) is 0 Å². The third-order valence-corrected chi connectivity index (χ3v) is 29.1. The minimum absolute atomic E-state index is 0.0150. The molecule has 6 fully saturated rings. The summed E-state index contributed by atoms with van der Waals surface area (Å²) in [6.07, 6.45) is 22.3. The van der Waals surface area contributed by atoms with Gasteiger partial charge in [-0.3, -0.25) is 38.4 Å². The van der Waals surface area contributed by atoms with E-state index < -0.39 is 168 Å². The molecule has 4 bridgehead atoms. The molecule has 0 spiro atoms. The summed E-state index contributed by atoms with van der Waals surface area (Å²) in [6.45, 7) is 29.4. The van der Waals surface area contributed by atoms with Gasteiger partial charge in [-0.1, -0.05) is 142 Å². The zero-order chi connectivity index (χ0) is 97.9. The zero-order valence-corrected chi connectivity index (χ0v) is 82.8. The van der Waals surface area contributed by atoms with Crippen molar-refractivity contribution in [2.45, 2.75) is 380 Å². The van der Waals surface area contributed by atoms with Crippen molar-refractivity contribution in [2.75, 3.05) is 48.6 Å². The minimum atomic E-state index is -2.44. The van der Waals surface area contributed by atoms with Gasteiger partial charge in [-0.05, 0) is 228 Å². The Morgan fingerprint density at radius 2 is 0.811 bits per heavy atom. The predicted molar refractivity (Wildman–Crippen MR) is 499 cm³/mol. The van der Waals surface area contributed by atoms with Crippen LogP contribution in [0.4, 0.5) is 0 Å². The maximum atomic E-state index is 14.4. The number of esters is 2. The fraction of sp³-hybridized carbons (Fsp3) is 0.750. The van der Waals surface area contributed by atoms with Crippen molar-refractivity contribution < 1.29 is 126 Å². The Balaban J connectivity index is 0.000000361. The van der Waals surface area contributed by atoms with Gasteiger partial charge in [-0.25, -0.2) is 9.59 Å². The fourth-order valence-corrected chi connectivity index (χ4v) is 20.4. The largest absolute Gasteiger partial charge is 0.460 e. The molecule has 744 valence electrons. The number of allylic oxidation sites excluding steroid dienone is 12. The Kier molecular flexibility index (Phi) is 45.3. The average molecular weight is 1860 g/mol. The highest BCUT2D eigenvalue weighted by Crippen LogP contribution is 2.42. The lowest BCUT2D eigenvalue weighted by Crippen LogP contribution is -2.61. The Hall–Kier alpha value is -6.74. The topological polar surface area (TPSA) is 391 Å². The maximum Gasteiger partial charge on any atom is 0.329 e. The van der Waals surface area contributed by atoms with Crippen molar-refractivity contribution in [2.24, 2.45) is 71.0 Å². The Labute approximate surface area is 785 Å².